The van der Waals surface area contributed by atoms with E-state index in [4.69, 9.17) is 0 Å². The van der Waals surface area contributed by atoms with Gasteiger partial charge in [0.1, 0.15) is 0 Å². The largest absolute Gasteiger partial charge is 0.317 e. The third kappa shape index (κ3) is 4.89. The van der Waals surface area contributed by atoms with Crippen LogP contribution in [-0.2, 0) is 6.42 Å². The van der Waals surface area contributed by atoms with Crippen LogP contribution in [0.2, 0.25) is 0 Å². The Labute approximate surface area is 132 Å². The van der Waals surface area contributed by atoms with Gasteiger partial charge in [-0.25, -0.2) is 0 Å². The molecule has 20 heavy (non-hydrogen) atoms. The summed E-state index contributed by atoms with van der Waals surface area (Å²) in [6.07, 6.45) is 9.82. The van der Waals surface area contributed by atoms with Crippen molar-refractivity contribution in [2.75, 3.05) is 13.1 Å². The van der Waals surface area contributed by atoms with Gasteiger partial charge in [-0.2, -0.15) is 0 Å². The van der Waals surface area contributed by atoms with E-state index in [0.717, 1.165) is 18.4 Å². The Morgan fingerprint density at radius 1 is 1.15 bits per heavy atom. The summed E-state index contributed by atoms with van der Waals surface area (Å²) in [5.74, 6) is 1.69. The zero-order valence-electron chi connectivity index (χ0n) is 12.7. The normalized spacial score (nSPS) is 18.7. The minimum absolute atomic E-state index is 0.784. The first-order valence-electron chi connectivity index (χ1n) is 8.25. The van der Waals surface area contributed by atoms with Crippen molar-refractivity contribution in [2.24, 2.45) is 11.8 Å². The van der Waals surface area contributed by atoms with Gasteiger partial charge in [-0.05, 0) is 43.0 Å². The second-order valence-electron chi connectivity index (χ2n) is 6.11. The van der Waals surface area contributed by atoms with Gasteiger partial charge in [0, 0.05) is 4.47 Å². The van der Waals surface area contributed by atoms with Crippen molar-refractivity contribution in [3.63, 3.8) is 0 Å². The van der Waals surface area contributed by atoms with Crippen LogP contribution in [0.3, 0.4) is 0 Å². The van der Waals surface area contributed by atoms with Crippen molar-refractivity contribution in [1.82, 2.24) is 5.32 Å². The lowest BCUT2D eigenvalue weighted by atomic mass is 9.82. The zero-order valence-corrected chi connectivity index (χ0v) is 14.3. The van der Waals surface area contributed by atoms with Gasteiger partial charge >= 0.3 is 0 Å². The predicted molar refractivity (Wildman–Crippen MR) is 91.1 cm³/mol. The smallest absolute Gasteiger partial charge is 0.0207 e. The van der Waals surface area contributed by atoms with Gasteiger partial charge < -0.3 is 5.32 Å². The Balaban J connectivity index is 2.04. The number of benzene rings is 1. The van der Waals surface area contributed by atoms with Crippen molar-refractivity contribution in [2.45, 2.75) is 51.9 Å². The molecule has 0 saturated heterocycles. The predicted octanol–water partition coefficient (Wildman–Crippen LogP) is 5.19. The molecule has 1 atom stereocenters. The van der Waals surface area contributed by atoms with Gasteiger partial charge in [0.2, 0.25) is 0 Å². The molecule has 2 rings (SSSR count). The Kier molecular flexibility index (Phi) is 7.09. The highest BCUT2D eigenvalue weighted by molar-refractivity contribution is 9.10. The lowest BCUT2D eigenvalue weighted by Gasteiger charge is -2.27. The molecule has 0 amide bonds. The van der Waals surface area contributed by atoms with Crippen LogP contribution in [0.15, 0.2) is 28.7 Å². The summed E-state index contributed by atoms with van der Waals surface area (Å²) in [7, 11) is 0. The molecule has 1 saturated carbocycles. The highest BCUT2D eigenvalue weighted by Crippen LogP contribution is 2.32. The number of hydrogen-bond donors (Lipinski definition) is 1. The summed E-state index contributed by atoms with van der Waals surface area (Å²) in [5, 5.41) is 3.59. The van der Waals surface area contributed by atoms with E-state index in [0.29, 0.717) is 0 Å². The summed E-state index contributed by atoms with van der Waals surface area (Å²) in [6.45, 7) is 4.46. The molecule has 0 aliphatic heterocycles. The topological polar surface area (TPSA) is 12.0 Å². The van der Waals surface area contributed by atoms with Gasteiger partial charge in [-0.1, -0.05) is 79.6 Å². The third-order valence-corrected chi connectivity index (χ3v) is 5.44. The van der Waals surface area contributed by atoms with Crippen LogP contribution in [0, 0.1) is 11.8 Å². The molecule has 1 N–H and O–H groups in total. The van der Waals surface area contributed by atoms with E-state index in [1.54, 1.807) is 0 Å². The molecule has 1 aromatic carbocycles. The lowest BCUT2D eigenvalue weighted by molar-refractivity contribution is 0.286. The van der Waals surface area contributed by atoms with Crippen LogP contribution in [0.1, 0.15) is 51.0 Å². The second kappa shape index (κ2) is 8.84. The van der Waals surface area contributed by atoms with Crippen LogP contribution in [0.4, 0.5) is 0 Å². The van der Waals surface area contributed by atoms with E-state index < -0.39 is 0 Å². The van der Waals surface area contributed by atoms with E-state index >= 15 is 0 Å². The average Bonchev–Trinajstić information content (AvgIpc) is 2.74. The van der Waals surface area contributed by atoms with Crippen LogP contribution >= 0.6 is 15.9 Å². The molecule has 1 unspecified atom stereocenters. The molecule has 1 aliphatic carbocycles. The Bertz CT molecular complexity index is 383. The van der Waals surface area contributed by atoms with Crippen molar-refractivity contribution in [1.29, 1.82) is 0 Å². The van der Waals surface area contributed by atoms with Crippen LogP contribution in [-0.4, -0.2) is 13.1 Å². The van der Waals surface area contributed by atoms with E-state index in [-0.39, 0.29) is 0 Å². The molecule has 0 spiro atoms. The maximum atomic E-state index is 3.71. The first-order chi connectivity index (χ1) is 9.81. The van der Waals surface area contributed by atoms with Crippen LogP contribution < -0.4 is 5.32 Å². The first kappa shape index (κ1) is 16.0. The fraction of sp³-hybridized carbons (Fsp3) is 0.667. The van der Waals surface area contributed by atoms with E-state index in [9.17, 15) is 0 Å². The van der Waals surface area contributed by atoms with E-state index in [2.05, 4.69) is 52.4 Å². The first-order valence-corrected chi connectivity index (χ1v) is 9.04. The van der Waals surface area contributed by atoms with E-state index in [1.165, 1.54) is 61.5 Å². The number of hydrogen-bond acceptors (Lipinski definition) is 1. The van der Waals surface area contributed by atoms with Gasteiger partial charge in [0.05, 0.1) is 0 Å². The van der Waals surface area contributed by atoms with Crippen molar-refractivity contribution >= 4 is 15.9 Å². The standard InChI is InChI=1S/C18H28BrN/c1-2-20-14-17(15-9-5-3-4-6-10-15)13-16-11-7-8-12-18(16)19/h7-8,11-12,15,17,20H,2-6,9-10,13-14H2,1H3. The third-order valence-electron chi connectivity index (χ3n) is 4.66. The molecule has 0 radical (unpaired) electrons. The Hall–Kier alpha value is -0.340. The average molecular weight is 338 g/mol. The number of halogens is 1. The molecular weight excluding hydrogens is 310 g/mol. The van der Waals surface area contributed by atoms with Crippen molar-refractivity contribution < 1.29 is 0 Å². The maximum Gasteiger partial charge on any atom is 0.0207 e. The van der Waals surface area contributed by atoms with Crippen molar-refractivity contribution in [3.05, 3.63) is 34.3 Å². The monoisotopic (exact) mass is 337 g/mol. The van der Waals surface area contributed by atoms with E-state index in [1.807, 2.05) is 0 Å². The summed E-state index contributed by atoms with van der Waals surface area (Å²) in [6, 6.07) is 8.72. The fourth-order valence-electron chi connectivity index (χ4n) is 3.46. The Morgan fingerprint density at radius 3 is 2.50 bits per heavy atom. The zero-order chi connectivity index (χ0) is 14.2. The number of rotatable bonds is 6. The van der Waals surface area contributed by atoms with Crippen molar-refractivity contribution in [3.8, 4) is 0 Å². The summed E-state index contributed by atoms with van der Waals surface area (Å²) < 4.78 is 1.27. The SMILES string of the molecule is CCNCC(Cc1ccccc1Br)C1CCCCCC1. The van der Waals surface area contributed by atoms with Crippen LogP contribution in [0.25, 0.3) is 0 Å². The summed E-state index contributed by atoms with van der Waals surface area (Å²) in [4.78, 5) is 0. The molecule has 0 aromatic heterocycles. The summed E-state index contributed by atoms with van der Waals surface area (Å²) >= 11 is 3.71. The minimum atomic E-state index is 0.784. The number of nitrogens with one attached hydrogen (secondary N) is 1. The molecule has 0 heterocycles. The quantitative estimate of drug-likeness (QED) is 0.704. The molecule has 1 nitrogen and oxygen atoms in total. The second-order valence-corrected chi connectivity index (χ2v) is 6.97. The fourth-order valence-corrected chi connectivity index (χ4v) is 3.91. The molecule has 0 bridgehead atoms. The molecule has 1 aromatic rings. The Morgan fingerprint density at radius 2 is 1.85 bits per heavy atom. The van der Waals surface area contributed by atoms with Gasteiger partial charge in [0.25, 0.3) is 0 Å². The molecule has 112 valence electrons. The molecule has 1 fully saturated rings. The molecule has 1 aliphatic rings. The minimum Gasteiger partial charge on any atom is -0.317 e. The van der Waals surface area contributed by atoms with Crippen LogP contribution in [0.5, 0.6) is 0 Å². The highest BCUT2D eigenvalue weighted by Gasteiger charge is 2.23. The highest BCUT2D eigenvalue weighted by atomic mass is 79.9. The van der Waals surface area contributed by atoms with Gasteiger partial charge in [0.15, 0.2) is 0 Å². The summed E-state index contributed by atoms with van der Waals surface area (Å²) in [5.41, 5.74) is 1.47. The lowest BCUT2D eigenvalue weighted by Crippen LogP contribution is -2.30. The van der Waals surface area contributed by atoms with Gasteiger partial charge in [-0.3, -0.25) is 0 Å². The maximum absolute atomic E-state index is 3.71. The molecule has 2 heteroatoms. The molecular formula is C18H28BrN. The van der Waals surface area contributed by atoms with Gasteiger partial charge in [-0.15, -0.1) is 0 Å².